The van der Waals surface area contributed by atoms with Gasteiger partial charge in [-0.25, -0.2) is 0 Å². The fraction of sp³-hybridized carbons (Fsp3) is 0.294. The lowest BCUT2D eigenvalue weighted by atomic mass is 9.93. The Morgan fingerprint density at radius 2 is 1.85 bits per heavy atom. The predicted molar refractivity (Wildman–Crippen MR) is 79.2 cm³/mol. The quantitative estimate of drug-likeness (QED) is 0.925. The molecule has 0 amide bonds. The first-order chi connectivity index (χ1) is 9.81. The van der Waals surface area contributed by atoms with E-state index in [2.05, 4.69) is 29.6 Å². The first kappa shape index (κ1) is 13.0. The van der Waals surface area contributed by atoms with Crippen molar-refractivity contribution in [2.75, 3.05) is 14.2 Å². The third-order valence-electron chi connectivity index (χ3n) is 3.85. The van der Waals surface area contributed by atoms with E-state index >= 15 is 0 Å². The van der Waals surface area contributed by atoms with Crippen molar-refractivity contribution in [2.24, 2.45) is 0 Å². The van der Waals surface area contributed by atoms with E-state index in [1.807, 2.05) is 31.3 Å². The van der Waals surface area contributed by atoms with E-state index in [1.165, 1.54) is 11.1 Å². The van der Waals surface area contributed by atoms with Gasteiger partial charge in [0.15, 0.2) is 0 Å². The van der Waals surface area contributed by atoms with E-state index < -0.39 is 0 Å². The van der Waals surface area contributed by atoms with Crippen LogP contribution < -0.4 is 14.8 Å². The van der Waals surface area contributed by atoms with Crippen LogP contribution in [0.15, 0.2) is 48.5 Å². The van der Waals surface area contributed by atoms with Crippen LogP contribution in [0.25, 0.3) is 0 Å². The average molecular weight is 269 g/mol. The molecule has 1 aliphatic heterocycles. The van der Waals surface area contributed by atoms with Gasteiger partial charge in [0.25, 0.3) is 0 Å². The van der Waals surface area contributed by atoms with Gasteiger partial charge in [0.1, 0.15) is 17.6 Å². The van der Waals surface area contributed by atoms with Crippen LogP contribution >= 0.6 is 0 Å². The molecule has 3 rings (SSSR count). The monoisotopic (exact) mass is 269 g/mol. The Hall–Kier alpha value is -2.00. The molecule has 0 saturated carbocycles. The summed E-state index contributed by atoms with van der Waals surface area (Å²) in [6.45, 7) is 0. The molecule has 104 valence electrons. The Kier molecular flexibility index (Phi) is 3.61. The van der Waals surface area contributed by atoms with Crippen molar-refractivity contribution in [1.82, 2.24) is 5.32 Å². The zero-order valence-corrected chi connectivity index (χ0v) is 11.8. The Balaban J connectivity index is 1.89. The minimum atomic E-state index is 0.0771. The minimum absolute atomic E-state index is 0.0771. The van der Waals surface area contributed by atoms with Gasteiger partial charge >= 0.3 is 0 Å². The fourth-order valence-electron chi connectivity index (χ4n) is 2.71. The third kappa shape index (κ3) is 2.37. The summed E-state index contributed by atoms with van der Waals surface area (Å²) in [4.78, 5) is 0. The molecule has 0 aliphatic carbocycles. The van der Waals surface area contributed by atoms with Crippen molar-refractivity contribution >= 4 is 0 Å². The van der Waals surface area contributed by atoms with Gasteiger partial charge in [-0.2, -0.15) is 0 Å². The molecule has 0 saturated heterocycles. The lowest BCUT2D eigenvalue weighted by molar-refractivity contribution is 0.154. The molecule has 0 radical (unpaired) electrons. The normalized spacial score (nSPS) is 20.9. The molecule has 1 aliphatic rings. The van der Waals surface area contributed by atoms with Crippen molar-refractivity contribution in [3.63, 3.8) is 0 Å². The number of fused-ring (bicyclic) bond motifs is 1. The van der Waals surface area contributed by atoms with E-state index in [0.29, 0.717) is 6.04 Å². The van der Waals surface area contributed by atoms with Gasteiger partial charge in [-0.05, 0) is 30.8 Å². The molecule has 3 heteroatoms. The minimum Gasteiger partial charge on any atom is -0.497 e. The van der Waals surface area contributed by atoms with Gasteiger partial charge < -0.3 is 14.8 Å². The molecule has 2 unspecified atom stereocenters. The molecule has 1 heterocycles. The second-order valence-electron chi connectivity index (χ2n) is 4.99. The summed E-state index contributed by atoms with van der Waals surface area (Å²) in [5.41, 5.74) is 2.42. The van der Waals surface area contributed by atoms with E-state index in [1.54, 1.807) is 7.11 Å². The second-order valence-corrected chi connectivity index (χ2v) is 4.99. The SMILES string of the molecule is CNC1CC(c2ccc(OC)cc2)Oc2ccccc21. The molecule has 0 fully saturated rings. The second kappa shape index (κ2) is 5.55. The lowest BCUT2D eigenvalue weighted by Gasteiger charge is -2.32. The highest BCUT2D eigenvalue weighted by Gasteiger charge is 2.27. The number of hydrogen-bond donors (Lipinski definition) is 1. The molecular formula is C17H19NO2. The Morgan fingerprint density at radius 3 is 2.55 bits per heavy atom. The van der Waals surface area contributed by atoms with Gasteiger partial charge in [0.2, 0.25) is 0 Å². The Morgan fingerprint density at radius 1 is 1.10 bits per heavy atom. The molecule has 20 heavy (non-hydrogen) atoms. The maximum atomic E-state index is 6.14. The first-order valence-electron chi connectivity index (χ1n) is 6.88. The van der Waals surface area contributed by atoms with Crippen LogP contribution in [0.5, 0.6) is 11.5 Å². The van der Waals surface area contributed by atoms with Crippen LogP contribution in [0.1, 0.15) is 29.7 Å². The molecule has 1 N–H and O–H groups in total. The highest BCUT2D eigenvalue weighted by atomic mass is 16.5. The van der Waals surface area contributed by atoms with Crippen molar-refractivity contribution in [2.45, 2.75) is 18.6 Å². The van der Waals surface area contributed by atoms with Crippen LogP contribution in [0, 0.1) is 0 Å². The van der Waals surface area contributed by atoms with Gasteiger partial charge in [-0.3, -0.25) is 0 Å². The number of rotatable bonds is 3. The van der Waals surface area contributed by atoms with Crippen molar-refractivity contribution in [3.8, 4) is 11.5 Å². The third-order valence-corrected chi connectivity index (χ3v) is 3.85. The number of benzene rings is 2. The summed E-state index contributed by atoms with van der Waals surface area (Å²) in [6, 6.07) is 16.7. The lowest BCUT2D eigenvalue weighted by Crippen LogP contribution is -2.26. The standard InChI is InChI=1S/C17H19NO2/c1-18-15-11-17(12-7-9-13(19-2)10-8-12)20-16-6-4-3-5-14(15)16/h3-10,15,17-18H,11H2,1-2H3. The van der Waals surface area contributed by atoms with Gasteiger partial charge in [-0.15, -0.1) is 0 Å². The molecule has 2 aromatic rings. The summed E-state index contributed by atoms with van der Waals surface area (Å²) in [7, 11) is 3.68. The topological polar surface area (TPSA) is 30.5 Å². The van der Waals surface area contributed by atoms with Crippen LogP contribution in [0.2, 0.25) is 0 Å². The summed E-state index contributed by atoms with van der Waals surface area (Å²) in [5, 5.41) is 3.38. The van der Waals surface area contributed by atoms with Gasteiger partial charge in [0.05, 0.1) is 7.11 Å². The maximum absolute atomic E-state index is 6.14. The van der Waals surface area contributed by atoms with Crippen molar-refractivity contribution in [1.29, 1.82) is 0 Å². The van der Waals surface area contributed by atoms with Crippen molar-refractivity contribution in [3.05, 3.63) is 59.7 Å². The van der Waals surface area contributed by atoms with Gasteiger partial charge in [-0.1, -0.05) is 30.3 Å². The molecule has 0 bridgehead atoms. The number of para-hydroxylation sites is 1. The summed E-state index contributed by atoms with van der Waals surface area (Å²) < 4.78 is 11.3. The van der Waals surface area contributed by atoms with Crippen LogP contribution in [0.4, 0.5) is 0 Å². The van der Waals surface area contributed by atoms with E-state index in [4.69, 9.17) is 9.47 Å². The predicted octanol–water partition coefficient (Wildman–Crippen LogP) is 3.48. The highest BCUT2D eigenvalue weighted by molar-refractivity contribution is 5.39. The Bertz CT molecular complexity index is 580. The van der Waals surface area contributed by atoms with E-state index in [9.17, 15) is 0 Å². The molecule has 0 aromatic heterocycles. The molecule has 2 aromatic carbocycles. The van der Waals surface area contributed by atoms with Crippen molar-refractivity contribution < 1.29 is 9.47 Å². The zero-order chi connectivity index (χ0) is 13.9. The molecule has 2 atom stereocenters. The number of hydrogen-bond acceptors (Lipinski definition) is 3. The van der Waals surface area contributed by atoms with Gasteiger partial charge in [0, 0.05) is 18.0 Å². The first-order valence-corrected chi connectivity index (χ1v) is 6.88. The van der Waals surface area contributed by atoms with Crippen LogP contribution in [-0.2, 0) is 0 Å². The van der Waals surface area contributed by atoms with E-state index in [-0.39, 0.29) is 6.10 Å². The molecule has 0 spiro atoms. The highest BCUT2D eigenvalue weighted by Crippen LogP contribution is 2.40. The number of ether oxygens (including phenoxy) is 2. The largest absolute Gasteiger partial charge is 0.497 e. The Labute approximate surface area is 119 Å². The average Bonchev–Trinajstić information content (AvgIpc) is 2.54. The molecular weight excluding hydrogens is 250 g/mol. The number of methoxy groups -OCH3 is 1. The zero-order valence-electron chi connectivity index (χ0n) is 11.8. The smallest absolute Gasteiger partial charge is 0.126 e. The van der Waals surface area contributed by atoms with Crippen LogP contribution in [-0.4, -0.2) is 14.2 Å². The van der Waals surface area contributed by atoms with E-state index in [0.717, 1.165) is 17.9 Å². The number of nitrogens with one attached hydrogen (secondary N) is 1. The molecule has 3 nitrogen and oxygen atoms in total. The van der Waals surface area contributed by atoms with Crippen LogP contribution in [0.3, 0.4) is 0 Å². The summed E-state index contributed by atoms with van der Waals surface area (Å²) >= 11 is 0. The fourth-order valence-corrected chi connectivity index (χ4v) is 2.71. The maximum Gasteiger partial charge on any atom is 0.126 e. The summed E-state index contributed by atoms with van der Waals surface area (Å²) in [6.07, 6.45) is 1.01. The summed E-state index contributed by atoms with van der Waals surface area (Å²) in [5.74, 6) is 1.84.